The van der Waals surface area contributed by atoms with Gasteiger partial charge in [-0.25, -0.2) is 0 Å². The van der Waals surface area contributed by atoms with Crippen molar-refractivity contribution in [1.29, 1.82) is 0 Å². The third kappa shape index (κ3) is 7.18. The number of nitrogens with one attached hydrogen (secondary N) is 2. The van der Waals surface area contributed by atoms with Gasteiger partial charge in [-0.15, -0.1) is 0 Å². The van der Waals surface area contributed by atoms with Crippen LogP contribution in [0, 0.1) is 11.8 Å². The summed E-state index contributed by atoms with van der Waals surface area (Å²) in [6, 6.07) is 11.6. The molecule has 0 radical (unpaired) electrons. The highest BCUT2D eigenvalue weighted by Gasteiger charge is 2.28. The number of likely N-dealkylation sites (N-methyl/N-ethyl adjacent to an activating group) is 1. The van der Waals surface area contributed by atoms with Crippen molar-refractivity contribution in [1.82, 2.24) is 20.7 Å². The van der Waals surface area contributed by atoms with E-state index in [-0.39, 0.29) is 5.91 Å². The number of carbonyl (C=O) groups is 1. The molecule has 2 atom stereocenters. The fourth-order valence-electron chi connectivity index (χ4n) is 3.67. The van der Waals surface area contributed by atoms with E-state index in [0.717, 1.165) is 43.9 Å². The smallest absolute Gasteiger partial charge is 0.220 e. The molecule has 0 spiro atoms. The summed E-state index contributed by atoms with van der Waals surface area (Å²) in [4.78, 5) is 14.4. The molecular weight excluding hydrogens is 368 g/mol. The van der Waals surface area contributed by atoms with Crippen LogP contribution in [0.3, 0.4) is 0 Å². The lowest BCUT2D eigenvalue weighted by Gasteiger charge is -2.31. The molecule has 0 aliphatic carbocycles. The second-order valence-electron chi connectivity index (χ2n) is 7.96. The molecule has 7 nitrogen and oxygen atoms in total. The predicted molar refractivity (Wildman–Crippen MR) is 112 cm³/mol. The molecule has 3 rings (SSSR count). The van der Waals surface area contributed by atoms with E-state index in [9.17, 15) is 4.79 Å². The summed E-state index contributed by atoms with van der Waals surface area (Å²) in [5, 5.41) is 10.7. The van der Waals surface area contributed by atoms with Crippen molar-refractivity contribution in [3.63, 3.8) is 0 Å². The van der Waals surface area contributed by atoms with Crippen molar-refractivity contribution < 1.29 is 14.1 Å². The minimum absolute atomic E-state index is 0.140. The van der Waals surface area contributed by atoms with Crippen LogP contribution in [-0.2, 0) is 17.8 Å². The maximum absolute atomic E-state index is 12.3. The normalized spacial score (nSPS) is 19.3. The number of hydrogen-bond acceptors (Lipinski definition) is 6. The second-order valence-corrected chi connectivity index (χ2v) is 7.96. The number of benzene rings is 1. The van der Waals surface area contributed by atoms with Crippen LogP contribution in [0.15, 0.2) is 40.9 Å². The van der Waals surface area contributed by atoms with Gasteiger partial charge in [0.1, 0.15) is 12.4 Å². The number of piperidine rings is 1. The number of nitrogens with zero attached hydrogens (tertiary/aromatic N) is 2. The van der Waals surface area contributed by atoms with Gasteiger partial charge in [0.15, 0.2) is 5.76 Å². The number of para-hydroxylation sites is 1. The minimum Gasteiger partial charge on any atom is -0.486 e. The Bertz CT molecular complexity index is 748. The molecule has 1 aromatic heterocycles. The van der Waals surface area contributed by atoms with E-state index in [1.165, 1.54) is 0 Å². The van der Waals surface area contributed by atoms with E-state index < -0.39 is 0 Å². The van der Waals surface area contributed by atoms with Gasteiger partial charge in [-0.1, -0.05) is 23.4 Å². The number of aromatic nitrogens is 1. The van der Waals surface area contributed by atoms with Gasteiger partial charge in [0.25, 0.3) is 0 Å². The second kappa shape index (κ2) is 11.0. The molecule has 1 amide bonds. The van der Waals surface area contributed by atoms with Crippen LogP contribution in [0.1, 0.15) is 24.3 Å². The summed E-state index contributed by atoms with van der Waals surface area (Å²) in [7, 11) is 4.01. The average molecular weight is 401 g/mol. The molecular formula is C22H32N4O3. The molecule has 0 unspecified atom stereocenters. The van der Waals surface area contributed by atoms with E-state index in [4.69, 9.17) is 9.26 Å². The molecule has 2 N–H and O–H groups in total. The maximum Gasteiger partial charge on any atom is 0.220 e. The first-order chi connectivity index (χ1) is 14.1. The van der Waals surface area contributed by atoms with Crippen LogP contribution < -0.4 is 15.4 Å². The Morgan fingerprint density at radius 1 is 1.31 bits per heavy atom. The van der Waals surface area contributed by atoms with Crippen molar-refractivity contribution in [3.8, 4) is 5.75 Å². The largest absolute Gasteiger partial charge is 0.486 e. The molecule has 2 aromatic rings. The van der Waals surface area contributed by atoms with Gasteiger partial charge in [-0.05, 0) is 64.0 Å². The van der Waals surface area contributed by atoms with Crippen LogP contribution >= 0.6 is 0 Å². The van der Waals surface area contributed by atoms with Gasteiger partial charge in [0.2, 0.25) is 5.91 Å². The third-order valence-corrected chi connectivity index (χ3v) is 5.30. The first kappa shape index (κ1) is 21.3. The highest BCUT2D eigenvalue weighted by atomic mass is 16.5. The molecule has 2 heterocycles. The van der Waals surface area contributed by atoms with Crippen LogP contribution in [0.4, 0.5) is 0 Å². The van der Waals surface area contributed by atoms with Crippen LogP contribution in [0.2, 0.25) is 0 Å². The molecule has 0 saturated carbocycles. The van der Waals surface area contributed by atoms with E-state index in [2.05, 4.69) is 20.7 Å². The monoisotopic (exact) mass is 400 g/mol. The summed E-state index contributed by atoms with van der Waals surface area (Å²) >= 11 is 0. The number of carbonyl (C=O) groups excluding carboxylic acids is 1. The lowest BCUT2D eigenvalue weighted by atomic mass is 9.81. The Morgan fingerprint density at radius 3 is 2.93 bits per heavy atom. The number of hydrogen-bond donors (Lipinski definition) is 2. The number of rotatable bonds is 10. The van der Waals surface area contributed by atoms with Crippen molar-refractivity contribution in [2.75, 3.05) is 40.3 Å². The zero-order chi connectivity index (χ0) is 20.5. The molecule has 0 bridgehead atoms. The standard InChI is InChI=1S/C22H32N4O3/c1-26(2)11-10-24-22(27)13-17-8-9-23-15-18(17)12-19-14-21(29-25-19)16-28-20-6-4-3-5-7-20/h3-7,14,17-18,23H,8-13,15-16H2,1-2H3,(H,24,27)/t17-,18+/m1/s1. The van der Waals surface area contributed by atoms with Gasteiger partial charge < -0.3 is 24.8 Å². The van der Waals surface area contributed by atoms with Crippen molar-refractivity contribution in [3.05, 3.63) is 47.9 Å². The first-order valence-electron chi connectivity index (χ1n) is 10.3. The summed E-state index contributed by atoms with van der Waals surface area (Å²) in [6.07, 6.45) is 2.38. The molecule has 1 aliphatic heterocycles. The Hall–Kier alpha value is -2.38. The van der Waals surface area contributed by atoms with Gasteiger partial charge in [0.05, 0.1) is 5.69 Å². The first-order valence-corrected chi connectivity index (χ1v) is 10.3. The van der Waals surface area contributed by atoms with Gasteiger partial charge in [-0.3, -0.25) is 4.79 Å². The van der Waals surface area contributed by atoms with E-state index in [1.807, 2.05) is 50.5 Å². The Kier molecular flexibility index (Phi) is 8.07. The van der Waals surface area contributed by atoms with Crippen LogP contribution in [0.5, 0.6) is 5.75 Å². The fraction of sp³-hybridized carbons (Fsp3) is 0.545. The van der Waals surface area contributed by atoms with Crippen LogP contribution in [-0.4, -0.2) is 56.2 Å². The zero-order valence-electron chi connectivity index (χ0n) is 17.4. The molecule has 1 aliphatic rings. The summed E-state index contributed by atoms with van der Waals surface area (Å²) < 4.78 is 11.2. The van der Waals surface area contributed by atoms with Crippen molar-refractivity contribution in [2.24, 2.45) is 11.8 Å². The summed E-state index contributed by atoms with van der Waals surface area (Å²) in [5.41, 5.74) is 0.920. The fourth-order valence-corrected chi connectivity index (χ4v) is 3.67. The average Bonchev–Trinajstić information content (AvgIpc) is 3.16. The van der Waals surface area contributed by atoms with Crippen LogP contribution in [0.25, 0.3) is 0 Å². The van der Waals surface area contributed by atoms with E-state index in [1.54, 1.807) is 0 Å². The lowest BCUT2D eigenvalue weighted by molar-refractivity contribution is -0.122. The van der Waals surface area contributed by atoms with E-state index in [0.29, 0.717) is 37.2 Å². The quantitative estimate of drug-likeness (QED) is 0.636. The van der Waals surface area contributed by atoms with Crippen molar-refractivity contribution >= 4 is 5.91 Å². The summed E-state index contributed by atoms with van der Waals surface area (Å²) in [5.74, 6) is 2.39. The molecule has 1 aromatic carbocycles. The molecule has 158 valence electrons. The SMILES string of the molecule is CN(C)CCNC(=O)C[C@H]1CCNC[C@@H]1Cc1cc(COc2ccccc2)on1. The Labute approximate surface area is 172 Å². The van der Waals surface area contributed by atoms with Gasteiger partial charge in [-0.2, -0.15) is 0 Å². The molecule has 1 fully saturated rings. The summed E-state index contributed by atoms with van der Waals surface area (Å²) in [6.45, 7) is 3.76. The molecule has 7 heteroatoms. The predicted octanol–water partition coefficient (Wildman–Crippen LogP) is 2.09. The number of amides is 1. The topological polar surface area (TPSA) is 79.6 Å². The van der Waals surface area contributed by atoms with Gasteiger partial charge >= 0.3 is 0 Å². The molecule has 1 saturated heterocycles. The van der Waals surface area contributed by atoms with Crippen molar-refractivity contribution in [2.45, 2.75) is 25.9 Å². The highest BCUT2D eigenvalue weighted by Crippen LogP contribution is 2.26. The number of ether oxygens (including phenoxy) is 1. The third-order valence-electron chi connectivity index (χ3n) is 5.30. The van der Waals surface area contributed by atoms with Gasteiger partial charge in [0, 0.05) is 25.6 Å². The molecule has 29 heavy (non-hydrogen) atoms. The lowest BCUT2D eigenvalue weighted by Crippen LogP contribution is -2.41. The van der Waals surface area contributed by atoms with E-state index >= 15 is 0 Å². The maximum atomic E-state index is 12.3. The minimum atomic E-state index is 0.140. The Morgan fingerprint density at radius 2 is 2.14 bits per heavy atom. The highest BCUT2D eigenvalue weighted by molar-refractivity contribution is 5.76. The zero-order valence-corrected chi connectivity index (χ0v) is 17.4. The Balaban J connectivity index is 1.48.